The van der Waals surface area contributed by atoms with E-state index in [1.807, 2.05) is 30.7 Å². The summed E-state index contributed by atoms with van der Waals surface area (Å²) in [6.45, 7) is 0.839. The van der Waals surface area contributed by atoms with Crippen LogP contribution < -0.4 is 10.2 Å². The predicted octanol–water partition coefficient (Wildman–Crippen LogP) is 0.920. The number of pyridine rings is 1. The third-order valence-electron chi connectivity index (χ3n) is 1.61. The Morgan fingerprint density at radius 2 is 2.55 bits per heavy atom. The number of nitrogens with zero attached hydrogens (tertiary/aromatic N) is 2. The zero-order valence-corrected chi connectivity index (χ0v) is 6.07. The molecule has 0 aliphatic carbocycles. The fourth-order valence-corrected chi connectivity index (χ4v) is 1.05. The van der Waals surface area contributed by atoms with E-state index in [2.05, 4.69) is 15.2 Å². The van der Waals surface area contributed by atoms with Crippen molar-refractivity contribution < 1.29 is 0 Å². The molecule has 56 valence electrons. The summed E-state index contributed by atoms with van der Waals surface area (Å²) in [6.07, 6.45) is 7.54. The van der Waals surface area contributed by atoms with E-state index in [4.69, 9.17) is 0 Å². The molecule has 2 rings (SSSR count). The van der Waals surface area contributed by atoms with Crippen LogP contribution in [0.1, 0.15) is 0 Å². The fraction of sp³-hybridized carbons (Fsp3) is 0.125. The second-order valence-electron chi connectivity index (χ2n) is 2.36. The maximum Gasteiger partial charge on any atom is 0.0916 e. The molecule has 1 N–H and O–H groups in total. The highest BCUT2D eigenvalue weighted by atomic mass is 15.2. The minimum absolute atomic E-state index is 0.839. The first-order valence-electron chi connectivity index (χ1n) is 3.53. The zero-order chi connectivity index (χ0) is 7.52. The fourth-order valence-electron chi connectivity index (χ4n) is 1.05. The van der Waals surface area contributed by atoms with Crippen LogP contribution in [-0.2, 0) is 0 Å². The summed E-state index contributed by atoms with van der Waals surface area (Å²) in [5.74, 6) is 0. The Bertz CT molecular complexity index is 255. The SMILES string of the molecule is C1=CN(c2cccnc2)CN1. The Kier molecular flexibility index (Phi) is 1.48. The lowest BCUT2D eigenvalue weighted by Crippen LogP contribution is -2.19. The van der Waals surface area contributed by atoms with Gasteiger partial charge in [-0.25, -0.2) is 0 Å². The molecule has 3 heteroatoms. The van der Waals surface area contributed by atoms with Crippen LogP contribution in [0.4, 0.5) is 5.69 Å². The second kappa shape index (κ2) is 2.62. The molecule has 11 heavy (non-hydrogen) atoms. The standard InChI is InChI=1S/C8H9N3/c1-2-8(6-9-3-1)11-5-4-10-7-11/h1-6,10H,7H2. The molecule has 0 aromatic carbocycles. The normalized spacial score (nSPS) is 15.1. The maximum absolute atomic E-state index is 4.03. The molecule has 1 aromatic rings. The molecule has 1 aromatic heterocycles. The number of anilines is 1. The molecule has 0 spiro atoms. The van der Waals surface area contributed by atoms with Gasteiger partial charge in [0.05, 0.1) is 18.6 Å². The van der Waals surface area contributed by atoms with Crippen LogP contribution in [0.25, 0.3) is 0 Å². The molecule has 1 aliphatic rings. The lowest BCUT2D eigenvalue weighted by Gasteiger charge is -2.13. The molecule has 0 fully saturated rings. The van der Waals surface area contributed by atoms with E-state index in [0.29, 0.717) is 0 Å². The van der Waals surface area contributed by atoms with E-state index in [1.54, 1.807) is 6.20 Å². The van der Waals surface area contributed by atoms with E-state index in [1.165, 1.54) is 0 Å². The summed E-state index contributed by atoms with van der Waals surface area (Å²) in [7, 11) is 0. The van der Waals surface area contributed by atoms with Gasteiger partial charge in [0.15, 0.2) is 0 Å². The summed E-state index contributed by atoms with van der Waals surface area (Å²) in [5, 5.41) is 3.09. The van der Waals surface area contributed by atoms with E-state index >= 15 is 0 Å². The van der Waals surface area contributed by atoms with Gasteiger partial charge in [0, 0.05) is 18.6 Å². The first-order chi connectivity index (χ1) is 5.47. The number of rotatable bonds is 1. The minimum Gasteiger partial charge on any atom is -0.372 e. The topological polar surface area (TPSA) is 28.2 Å². The highest BCUT2D eigenvalue weighted by molar-refractivity contribution is 5.47. The van der Waals surface area contributed by atoms with Gasteiger partial charge >= 0.3 is 0 Å². The van der Waals surface area contributed by atoms with E-state index < -0.39 is 0 Å². The Balaban J connectivity index is 2.23. The first kappa shape index (κ1) is 6.22. The monoisotopic (exact) mass is 147 g/mol. The molecule has 0 atom stereocenters. The molecule has 0 radical (unpaired) electrons. The average Bonchev–Trinajstić information content (AvgIpc) is 2.58. The highest BCUT2D eigenvalue weighted by Gasteiger charge is 2.04. The van der Waals surface area contributed by atoms with Crippen molar-refractivity contribution in [3.8, 4) is 0 Å². The van der Waals surface area contributed by atoms with Gasteiger partial charge in [-0.2, -0.15) is 0 Å². The zero-order valence-electron chi connectivity index (χ0n) is 6.07. The molecule has 0 amide bonds. The molecule has 0 bridgehead atoms. The smallest absolute Gasteiger partial charge is 0.0916 e. The van der Waals surface area contributed by atoms with Crippen molar-refractivity contribution in [3.05, 3.63) is 36.9 Å². The summed E-state index contributed by atoms with van der Waals surface area (Å²) >= 11 is 0. The largest absolute Gasteiger partial charge is 0.372 e. The van der Waals surface area contributed by atoms with Gasteiger partial charge < -0.3 is 10.2 Å². The van der Waals surface area contributed by atoms with Crippen molar-refractivity contribution in [1.29, 1.82) is 0 Å². The molecule has 2 heterocycles. The average molecular weight is 147 g/mol. The van der Waals surface area contributed by atoms with Gasteiger partial charge in [-0.1, -0.05) is 0 Å². The van der Waals surface area contributed by atoms with Crippen LogP contribution in [0.3, 0.4) is 0 Å². The molecule has 0 saturated carbocycles. The van der Waals surface area contributed by atoms with Gasteiger partial charge in [0.2, 0.25) is 0 Å². The van der Waals surface area contributed by atoms with Crippen molar-refractivity contribution in [3.63, 3.8) is 0 Å². The Labute approximate surface area is 65.4 Å². The molecular weight excluding hydrogens is 138 g/mol. The van der Waals surface area contributed by atoms with Crippen molar-refractivity contribution in [2.24, 2.45) is 0 Å². The lowest BCUT2D eigenvalue weighted by molar-refractivity contribution is 0.898. The first-order valence-corrected chi connectivity index (χ1v) is 3.53. The van der Waals surface area contributed by atoms with Crippen molar-refractivity contribution in [2.45, 2.75) is 0 Å². The van der Waals surface area contributed by atoms with Gasteiger partial charge in [-0.15, -0.1) is 0 Å². The summed E-state index contributed by atoms with van der Waals surface area (Å²) < 4.78 is 0. The molecule has 0 unspecified atom stereocenters. The Morgan fingerprint density at radius 3 is 3.18 bits per heavy atom. The van der Waals surface area contributed by atoms with Crippen LogP contribution >= 0.6 is 0 Å². The van der Waals surface area contributed by atoms with E-state index in [-0.39, 0.29) is 0 Å². The predicted molar refractivity (Wildman–Crippen MR) is 43.9 cm³/mol. The van der Waals surface area contributed by atoms with Crippen LogP contribution in [0, 0.1) is 0 Å². The van der Waals surface area contributed by atoms with Gasteiger partial charge in [0.1, 0.15) is 0 Å². The Morgan fingerprint density at radius 1 is 1.55 bits per heavy atom. The molecular formula is C8H9N3. The maximum atomic E-state index is 4.03. The number of nitrogens with one attached hydrogen (secondary N) is 1. The van der Waals surface area contributed by atoms with E-state index in [0.717, 1.165) is 12.4 Å². The minimum atomic E-state index is 0.839. The van der Waals surface area contributed by atoms with Gasteiger partial charge in [0.25, 0.3) is 0 Å². The van der Waals surface area contributed by atoms with Gasteiger partial charge in [-0.05, 0) is 12.1 Å². The van der Waals surface area contributed by atoms with Crippen molar-refractivity contribution in [1.82, 2.24) is 10.3 Å². The van der Waals surface area contributed by atoms with Gasteiger partial charge in [-0.3, -0.25) is 4.98 Å². The highest BCUT2D eigenvalue weighted by Crippen LogP contribution is 2.12. The molecule has 1 aliphatic heterocycles. The third-order valence-corrected chi connectivity index (χ3v) is 1.61. The molecule has 3 nitrogen and oxygen atoms in total. The van der Waals surface area contributed by atoms with Crippen molar-refractivity contribution >= 4 is 5.69 Å². The summed E-state index contributed by atoms with van der Waals surface area (Å²) in [4.78, 5) is 6.12. The third kappa shape index (κ3) is 1.17. The quantitative estimate of drug-likeness (QED) is 0.640. The number of hydrogen-bond donors (Lipinski definition) is 1. The van der Waals surface area contributed by atoms with Crippen LogP contribution in [0.15, 0.2) is 36.9 Å². The summed E-state index contributed by atoms with van der Waals surface area (Å²) in [6, 6.07) is 3.96. The number of aromatic nitrogens is 1. The summed E-state index contributed by atoms with van der Waals surface area (Å²) in [5.41, 5.74) is 1.12. The lowest BCUT2D eigenvalue weighted by atomic mass is 10.4. The van der Waals surface area contributed by atoms with Crippen LogP contribution in [0.5, 0.6) is 0 Å². The van der Waals surface area contributed by atoms with Crippen LogP contribution in [-0.4, -0.2) is 11.7 Å². The molecule has 0 saturated heterocycles. The van der Waals surface area contributed by atoms with E-state index in [9.17, 15) is 0 Å². The number of hydrogen-bond acceptors (Lipinski definition) is 3. The van der Waals surface area contributed by atoms with Crippen molar-refractivity contribution in [2.75, 3.05) is 11.6 Å². The Hall–Kier alpha value is -1.51. The second-order valence-corrected chi connectivity index (χ2v) is 2.36. The van der Waals surface area contributed by atoms with Crippen LogP contribution in [0.2, 0.25) is 0 Å².